The summed E-state index contributed by atoms with van der Waals surface area (Å²) in [6.07, 6.45) is 0.475. The molecule has 0 spiro atoms. The Bertz CT molecular complexity index is 460. The van der Waals surface area contributed by atoms with Gasteiger partial charge in [-0.3, -0.25) is 4.79 Å². The van der Waals surface area contributed by atoms with Crippen molar-refractivity contribution in [3.05, 3.63) is 28.8 Å². The molecule has 0 aliphatic carbocycles. The number of methoxy groups -OCH3 is 2. The predicted octanol–water partition coefficient (Wildman–Crippen LogP) is 2.94. The summed E-state index contributed by atoms with van der Waals surface area (Å²) in [7, 11) is 2.93. The molecule has 0 fully saturated rings. The molecule has 1 unspecified atom stereocenters. The maximum atomic E-state index is 11.6. The molecule has 1 aromatic rings. The van der Waals surface area contributed by atoms with Crippen LogP contribution in [-0.2, 0) is 9.53 Å². The maximum absolute atomic E-state index is 11.6. The van der Waals surface area contributed by atoms with Crippen LogP contribution in [0.4, 0.5) is 0 Å². The summed E-state index contributed by atoms with van der Waals surface area (Å²) < 4.78 is 9.86. The number of carbonyl (C=O) groups is 1. The fraction of sp³-hybridized carbons (Fsp3) is 0.500. The van der Waals surface area contributed by atoms with E-state index in [9.17, 15) is 4.79 Å². The second-order valence-electron chi connectivity index (χ2n) is 5.08. The van der Waals surface area contributed by atoms with Crippen molar-refractivity contribution in [3.63, 3.8) is 0 Å². The van der Waals surface area contributed by atoms with Gasteiger partial charge in [-0.2, -0.15) is 0 Å². The van der Waals surface area contributed by atoms with E-state index in [1.807, 2.05) is 19.9 Å². The molecule has 1 atom stereocenters. The summed E-state index contributed by atoms with van der Waals surface area (Å²) in [4.78, 5) is 11.6. The van der Waals surface area contributed by atoms with Crippen molar-refractivity contribution < 1.29 is 14.3 Å². The summed E-state index contributed by atoms with van der Waals surface area (Å²) in [5.41, 5.74) is 6.35. The van der Waals surface area contributed by atoms with Crippen molar-refractivity contribution in [2.45, 2.75) is 26.3 Å². The van der Waals surface area contributed by atoms with Gasteiger partial charge in [0.25, 0.3) is 0 Å². The molecule has 0 aromatic heterocycles. The van der Waals surface area contributed by atoms with Crippen LogP contribution in [-0.4, -0.2) is 20.2 Å². The summed E-state index contributed by atoms with van der Waals surface area (Å²) in [5, 5.41) is 0.506. The number of ether oxygens (including phenoxy) is 2. The first-order valence-corrected chi connectivity index (χ1v) is 6.37. The zero-order valence-electron chi connectivity index (χ0n) is 11.7. The third-order valence-corrected chi connectivity index (χ3v) is 3.37. The van der Waals surface area contributed by atoms with E-state index in [0.717, 1.165) is 5.56 Å². The molecule has 4 nitrogen and oxygen atoms in total. The van der Waals surface area contributed by atoms with Gasteiger partial charge in [-0.05, 0) is 38.0 Å². The molecular formula is C14H20ClNO3. The van der Waals surface area contributed by atoms with Crippen LogP contribution in [0.15, 0.2) is 18.2 Å². The van der Waals surface area contributed by atoms with Gasteiger partial charge in [0.05, 0.1) is 24.7 Å². The average molecular weight is 286 g/mol. The number of esters is 1. The minimum atomic E-state index is -0.638. The molecule has 106 valence electrons. The lowest BCUT2D eigenvalue weighted by Crippen LogP contribution is -2.30. The lowest BCUT2D eigenvalue weighted by Gasteiger charge is -2.25. The van der Waals surface area contributed by atoms with Gasteiger partial charge < -0.3 is 15.2 Å². The van der Waals surface area contributed by atoms with Crippen molar-refractivity contribution in [1.82, 2.24) is 0 Å². The molecular weight excluding hydrogens is 266 g/mol. The first kappa shape index (κ1) is 15.8. The van der Waals surface area contributed by atoms with Crippen LogP contribution >= 0.6 is 11.6 Å². The third-order valence-electron chi connectivity index (χ3n) is 3.07. The lowest BCUT2D eigenvalue weighted by molar-refractivity contribution is -0.151. The van der Waals surface area contributed by atoms with Gasteiger partial charge >= 0.3 is 5.97 Å². The van der Waals surface area contributed by atoms with Crippen LogP contribution in [0.25, 0.3) is 0 Å². The van der Waals surface area contributed by atoms with Crippen LogP contribution in [0, 0.1) is 5.41 Å². The number of hydrogen-bond acceptors (Lipinski definition) is 4. The highest BCUT2D eigenvalue weighted by molar-refractivity contribution is 6.32. The number of carbonyl (C=O) groups excluding carboxylic acids is 1. The number of nitrogens with two attached hydrogens (primary N) is 1. The first-order valence-electron chi connectivity index (χ1n) is 5.99. The van der Waals surface area contributed by atoms with Gasteiger partial charge in [0.1, 0.15) is 5.75 Å². The molecule has 1 aromatic carbocycles. The SMILES string of the molecule is COC(=O)C(C)(C)CC(N)c1ccc(OC)c(Cl)c1. The van der Waals surface area contributed by atoms with Crippen molar-refractivity contribution >= 4 is 17.6 Å². The third kappa shape index (κ3) is 3.85. The molecule has 0 heterocycles. The molecule has 0 aliphatic rings. The minimum absolute atomic E-state index is 0.275. The van der Waals surface area contributed by atoms with E-state index in [-0.39, 0.29) is 12.0 Å². The van der Waals surface area contributed by atoms with Crippen LogP contribution in [0.5, 0.6) is 5.75 Å². The Morgan fingerprint density at radius 2 is 2.05 bits per heavy atom. The highest BCUT2D eigenvalue weighted by Crippen LogP contribution is 2.33. The second-order valence-corrected chi connectivity index (χ2v) is 5.49. The Balaban J connectivity index is 2.86. The molecule has 0 aliphatic heterocycles. The van der Waals surface area contributed by atoms with Crippen molar-refractivity contribution in [2.24, 2.45) is 11.1 Å². The van der Waals surface area contributed by atoms with Crippen LogP contribution in [0.1, 0.15) is 31.9 Å². The summed E-state index contributed by atoms with van der Waals surface area (Å²) in [5.74, 6) is 0.326. The Hall–Kier alpha value is -1.26. The fourth-order valence-corrected chi connectivity index (χ4v) is 2.21. The molecule has 0 bridgehead atoms. The highest BCUT2D eigenvalue weighted by Gasteiger charge is 2.31. The standard InChI is InChI=1S/C14H20ClNO3/c1-14(2,13(17)19-4)8-11(16)9-5-6-12(18-3)10(15)7-9/h5-7,11H,8,16H2,1-4H3. The highest BCUT2D eigenvalue weighted by atomic mass is 35.5. The van der Waals surface area contributed by atoms with E-state index < -0.39 is 5.41 Å². The van der Waals surface area contributed by atoms with Crippen molar-refractivity contribution in [1.29, 1.82) is 0 Å². The topological polar surface area (TPSA) is 61.5 Å². The number of benzene rings is 1. The van der Waals surface area contributed by atoms with E-state index in [0.29, 0.717) is 17.2 Å². The monoisotopic (exact) mass is 285 g/mol. The predicted molar refractivity (Wildman–Crippen MR) is 75.3 cm³/mol. The number of halogens is 1. The lowest BCUT2D eigenvalue weighted by atomic mass is 9.84. The molecule has 5 heteroatoms. The normalized spacial score (nSPS) is 12.9. The van der Waals surface area contributed by atoms with Crippen LogP contribution in [0.3, 0.4) is 0 Å². The van der Waals surface area contributed by atoms with E-state index in [1.54, 1.807) is 19.2 Å². The Morgan fingerprint density at radius 3 is 2.53 bits per heavy atom. The second kappa shape index (κ2) is 6.26. The van der Waals surface area contributed by atoms with Crippen LogP contribution < -0.4 is 10.5 Å². The molecule has 0 saturated heterocycles. The number of rotatable bonds is 5. The number of hydrogen-bond donors (Lipinski definition) is 1. The fourth-order valence-electron chi connectivity index (χ4n) is 1.94. The molecule has 2 N–H and O–H groups in total. The van der Waals surface area contributed by atoms with Crippen molar-refractivity contribution in [2.75, 3.05) is 14.2 Å². The Kier molecular flexibility index (Phi) is 5.20. The molecule has 0 amide bonds. The van der Waals surface area contributed by atoms with Gasteiger partial charge in [-0.25, -0.2) is 0 Å². The largest absolute Gasteiger partial charge is 0.495 e. The molecule has 19 heavy (non-hydrogen) atoms. The Morgan fingerprint density at radius 1 is 1.42 bits per heavy atom. The first-order chi connectivity index (χ1) is 8.81. The van der Waals surface area contributed by atoms with E-state index in [1.165, 1.54) is 7.11 Å². The van der Waals surface area contributed by atoms with Gasteiger partial charge in [0.15, 0.2) is 0 Å². The maximum Gasteiger partial charge on any atom is 0.311 e. The van der Waals surface area contributed by atoms with Gasteiger partial charge in [0.2, 0.25) is 0 Å². The molecule has 0 radical (unpaired) electrons. The van der Waals surface area contributed by atoms with E-state index >= 15 is 0 Å². The smallest absolute Gasteiger partial charge is 0.311 e. The molecule has 0 saturated carbocycles. The zero-order valence-corrected chi connectivity index (χ0v) is 12.5. The quantitative estimate of drug-likeness (QED) is 0.845. The van der Waals surface area contributed by atoms with Gasteiger partial charge in [-0.15, -0.1) is 0 Å². The summed E-state index contributed by atoms with van der Waals surface area (Å²) in [6.45, 7) is 3.62. The van der Waals surface area contributed by atoms with E-state index in [2.05, 4.69) is 0 Å². The summed E-state index contributed by atoms with van der Waals surface area (Å²) in [6, 6.07) is 5.08. The summed E-state index contributed by atoms with van der Waals surface area (Å²) >= 11 is 6.06. The minimum Gasteiger partial charge on any atom is -0.495 e. The van der Waals surface area contributed by atoms with Gasteiger partial charge in [0, 0.05) is 6.04 Å². The zero-order chi connectivity index (χ0) is 14.6. The van der Waals surface area contributed by atoms with E-state index in [4.69, 9.17) is 26.8 Å². The van der Waals surface area contributed by atoms with Gasteiger partial charge in [-0.1, -0.05) is 17.7 Å². The van der Waals surface area contributed by atoms with Crippen LogP contribution in [0.2, 0.25) is 5.02 Å². The Labute approximate surface area is 118 Å². The molecule has 1 rings (SSSR count). The van der Waals surface area contributed by atoms with Crippen molar-refractivity contribution in [3.8, 4) is 5.75 Å². The average Bonchev–Trinajstić information content (AvgIpc) is 2.36.